The molecule has 0 amide bonds. The summed E-state index contributed by atoms with van der Waals surface area (Å²) >= 11 is 0. The maximum Gasteiger partial charge on any atom is 0.185 e. The van der Waals surface area contributed by atoms with Gasteiger partial charge in [-0.25, -0.2) is 0 Å². The van der Waals surface area contributed by atoms with Crippen LogP contribution in [-0.2, 0) is 5.41 Å². The van der Waals surface area contributed by atoms with E-state index in [1.165, 1.54) is 5.56 Å². The van der Waals surface area contributed by atoms with Crippen molar-refractivity contribution in [2.24, 2.45) is 0 Å². The number of hydrogen-bond donors (Lipinski definition) is 0. The van der Waals surface area contributed by atoms with Gasteiger partial charge in [0.05, 0.1) is 6.61 Å². The SMILES string of the molecule is CCCCOc1cc(C)c(PC(=O)c2ccc(C(C)(C)C)cc2)c(C)c1. The number of ether oxygens (including phenoxy) is 1. The molecule has 0 heterocycles. The van der Waals surface area contributed by atoms with E-state index in [-0.39, 0.29) is 19.5 Å². The van der Waals surface area contributed by atoms with Crippen LogP contribution in [0.15, 0.2) is 36.4 Å². The topological polar surface area (TPSA) is 26.3 Å². The maximum absolute atomic E-state index is 12.8. The Morgan fingerprint density at radius 2 is 1.62 bits per heavy atom. The van der Waals surface area contributed by atoms with E-state index in [4.69, 9.17) is 4.74 Å². The largest absolute Gasteiger partial charge is 0.494 e. The Kier molecular flexibility index (Phi) is 7.01. The predicted molar refractivity (Wildman–Crippen MR) is 114 cm³/mol. The molecular weight excluding hydrogens is 339 g/mol. The van der Waals surface area contributed by atoms with E-state index in [0.29, 0.717) is 0 Å². The molecule has 2 rings (SSSR count). The average Bonchev–Trinajstić information content (AvgIpc) is 2.57. The standard InChI is InChI=1S/C23H31O2P/c1-7-8-13-25-20-14-16(2)21(17(3)15-20)26-22(24)18-9-11-19(12-10-18)23(4,5)6/h9-12,14-15,26H,7-8,13H2,1-6H3. The van der Waals surface area contributed by atoms with Crippen molar-refractivity contribution in [3.63, 3.8) is 0 Å². The van der Waals surface area contributed by atoms with E-state index in [0.717, 1.165) is 47.2 Å². The van der Waals surface area contributed by atoms with Crippen molar-refractivity contribution in [1.82, 2.24) is 0 Å². The summed E-state index contributed by atoms with van der Waals surface area (Å²) in [4.78, 5) is 12.8. The van der Waals surface area contributed by atoms with Crippen molar-refractivity contribution < 1.29 is 9.53 Å². The Bertz CT molecular complexity index is 732. The van der Waals surface area contributed by atoms with Gasteiger partial charge in [-0.3, -0.25) is 4.79 Å². The molecule has 3 heteroatoms. The van der Waals surface area contributed by atoms with Gasteiger partial charge < -0.3 is 4.74 Å². The Hall–Kier alpha value is -1.66. The molecule has 0 radical (unpaired) electrons. The highest BCUT2D eigenvalue weighted by Crippen LogP contribution is 2.27. The van der Waals surface area contributed by atoms with Gasteiger partial charge >= 0.3 is 0 Å². The molecule has 0 N–H and O–H groups in total. The van der Waals surface area contributed by atoms with Crippen molar-refractivity contribution in [3.8, 4) is 5.75 Å². The van der Waals surface area contributed by atoms with Crippen LogP contribution >= 0.6 is 8.58 Å². The van der Waals surface area contributed by atoms with Gasteiger partial charge in [0.15, 0.2) is 5.52 Å². The van der Waals surface area contributed by atoms with Gasteiger partial charge in [-0.15, -0.1) is 0 Å². The van der Waals surface area contributed by atoms with Gasteiger partial charge in [0.1, 0.15) is 5.75 Å². The summed E-state index contributed by atoms with van der Waals surface area (Å²) < 4.78 is 5.82. The highest BCUT2D eigenvalue weighted by atomic mass is 31.1. The fourth-order valence-electron chi connectivity index (χ4n) is 2.85. The molecule has 1 atom stereocenters. The number of benzene rings is 2. The average molecular weight is 370 g/mol. The van der Waals surface area contributed by atoms with Crippen LogP contribution in [0.3, 0.4) is 0 Å². The molecule has 0 aliphatic carbocycles. The van der Waals surface area contributed by atoms with E-state index in [2.05, 4.69) is 65.8 Å². The van der Waals surface area contributed by atoms with Crippen molar-refractivity contribution in [1.29, 1.82) is 0 Å². The van der Waals surface area contributed by atoms with Crippen LogP contribution in [0.4, 0.5) is 0 Å². The lowest BCUT2D eigenvalue weighted by molar-refractivity contribution is 0.108. The van der Waals surface area contributed by atoms with Gasteiger partial charge in [0.2, 0.25) is 0 Å². The molecule has 2 aromatic carbocycles. The fourth-order valence-corrected chi connectivity index (χ4v) is 3.92. The number of unbranched alkanes of at least 4 members (excludes halogenated alkanes) is 1. The van der Waals surface area contributed by atoms with Crippen molar-refractivity contribution in [2.45, 2.75) is 59.8 Å². The van der Waals surface area contributed by atoms with E-state index in [1.807, 2.05) is 12.1 Å². The number of hydrogen-bond acceptors (Lipinski definition) is 2. The molecule has 0 spiro atoms. The zero-order valence-electron chi connectivity index (χ0n) is 16.9. The van der Waals surface area contributed by atoms with Gasteiger partial charge in [-0.2, -0.15) is 0 Å². The molecular formula is C23H31O2P. The molecule has 26 heavy (non-hydrogen) atoms. The lowest BCUT2D eigenvalue weighted by atomic mass is 9.87. The number of carbonyl (C=O) groups excluding carboxylic acids is 1. The van der Waals surface area contributed by atoms with Crippen molar-refractivity contribution in [3.05, 3.63) is 58.7 Å². The second-order valence-corrected chi connectivity index (χ2v) is 9.12. The molecule has 0 saturated carbocycles. The van der Waals surface area contributed by atoms with Crippen molar-refractivity contribution in [2.75, 3.05) is 6.61 Å². The van der Waals surface area contributed by atoms with Crippen LogP contribution in [0.5, 0.6) is 5.75 Å². The van der Waals surface area contributed by atoms with Crippen LogP contribution in [0.2, 0.25) is 0 Å². The molecule has 0 bridgehead atoms. The molecule has 2 aromatic rings. The maximum atomic E-state index is 12.8. The second-order valence-electron chi connectivity index (χ2n) is 7.92. The number of aryl methyl sites for hydroxylation is 2. The van der Waals surface area contributed by atoms with E-state index in [1.54, 1.807) is 0 Å². The van der Waals surface area contributed by atoms with E-state index < -0.39 is 0 Å². The monoisotopic (exact) mass is 370 g/mol. The summed E-state index contributed by atoms with van der Waals surface area (Å²) in [6, 6.07) is 12.2. The Labute approximate surface area is 160 Å². The van der Waals surface area contributed by atoms with Crippen LogP contribution in [-0.4, -0.2) is 12.1 Å². The molecule has 140 valence electrons. The summed E-state index contributed by atoms with van der Waals surface area (Å²) in [6.07, 6.45) is 2.19. The van der Waals surface area contributed by atoms with Crippen LogP contribution in [0.25, 0.3) is 0 Å². The molecule has 0 aliphatic heterocycles. The lowest BCUT2D eigenvalue weighted by Gasteiger charge is -2.19. The Balaban J connectivity index is 2.13. The van der Waals surface area contributed by atoms with Crippen LogP contribution in [0.1, 0.15) is 67.6 Å². The highest BCUT2D eigenvalue weighted by Gasteiger charge is 2.16. The quantitative estimate of drug-likeness (QED) is 0.446. The van der Waals surface area contributed by atoms with Crippen molar-refractivity contribution >= 4 is 19.4 Å². The second kappa shape index (κ2) is 8.82. The first-order valence-electron chi connectivity index (χ1n) is 9.38. The highest BCUT2D eigenvalue weighted by molar-refractivity contribution is 7.66. The normalized spacial score (nSPS) is 11.9. The van der Waals surface area contributed by atoms with E-state index >= 15 is 0 Å². The molecule has 0 saturated heterocycles. The zero-order valence-corrected chi connectivity index (χ0v) is 17.9. The van der Waals surface area contributed by atoms with Gasteiger partial charge in [0, 0.05) is 5.56 Å². The number of carbonyl (C=O) groups is 1. The fraction of sp³-hybridized carbons (Fsp3) is 0.435. The summed E-state index contributed by atoms with van der Waals surface area (Å²) in [6.45, 7) is 13.6. The molecule has 0 aliphatic rings. The van der Waals surface area contributed by atoms with Gasteiger partial charge in [-0.1, -0.05) is 58.4 Å². The molecule has 0 fully saturated rings. The Morgan fingerprint density at radius 1 is 1.04 bits per heavy atom. The smallest absolute Gasteiger partial charge is 0.185 e. The minimum atomic E-state index is 0.102. The van der Waals surface area contributed by atoms with Gasteiger partial charge in [0.25, 0.3) is 0 Å². The summed E-state index contributed by atoms with van der Waals surface area (Å²) in [5.74, 6) is 0.906. The first-order chi connectivity index (χ1) is 12.2. The molecule has 1 unspecified atom stereocenters. The minimum absolute atomic E-state index is 0.102. The van der Waals surface area contributed by atoms with Crippen LogP contribution < -0.4 is 10.0 Å². The third kappa shape index (κ3) is 5.42. The van der Waals surface area contributed by atoms with Gasteiger partial charge in [-0.05, 0) is 68.4 Å². The summed E-state index contributed by atoms with van der Waals surface area (Å²) in [7, 11) is 0.141. The summed E-state index contributed by atoms with van der Waals surface area (Å²) in [5.41, 5.74) is 4.60. The molecule has 2 nitrogen and oxygen atoms in total. The first-order valence-corrected chi connectivity index (χ1v) is 10.4. The third-order valence-electron chi connectivity index (χ3n) is 4.52. The zero-order chi connectivity index (χ0) is 19.3. The lowest BCUT2D eigenvalue weighted by Crippen LogP contribution is -2.12. The van der Waals surface area contributed by atoms with E-state index in [9.17, 15) is 4.79 Å². The number of rotatable bonds is 7. The summed E-state index contributed by atoms with van der Waals surface area (Å²) in [5, 5.41) is 1.14. The first kappa shape index (κ1) is 20.6. The third-order valence-corrected chi connectivity index (χ3v) is 6.08. The molecule has 0 aromatic heterocycles. The Morgan fingerprint density at radius 3 is 2.12 bits per heavy atom. The minimum Gasteiger partial charge on any atom is -0.494 e. The predicted octanol–water partition coefficient (Wildman–Crippen LogP) is 5.92. The van der Waals surface area contributed by atoms with Crippen LogP contribution in [0, 0.1) is 13.8 Å².